The van der Waals surface area contributed by atoms with E-state index in [-0.39, 0.29) is 12.5 Å². The Bertz CT molecular complexity index is 430. The quantitative estimate of drug-likeness (QED) is 0.823. The highest BCUT2D eigenvalue weighted by molar-refractivity contribution is 7.84. The van der Waals surface area contributed by atoms with Crippen LogP contribution >= 0.6 is 0 Å². The van der Waals surface area contributed by atoms with Gasteiger partial charge in [0, 0.05) is 0 Å². The third-order valence-corrected chi connectivity index (χ3v) is 3.07. The summed E-state index contributed by atoms with van der Waals surface area (Å²) in [5.74, 6) is 0.223. The van der Waals surface area contributed by atoms with Crippen molar-refractivity contribution in [1.29, 1.82) is 0 Å². The van der Waals surface area contributed by atoms with E-state index in [9.17, 15) is 8.42 Å². The minimum atomic E-state index is -3.80. The molecule has 0 fully saturated rings. The van der Waals surface area contributed by atoms with E-state index in [2.05, 4.69) is 16.3 Å². The summed E-state index contributed by atoms with van der Waals surface area (Å²) in [5.41, 5.74) is 2.56. The molecule has 0 amide bonds. The number of fused-ring (bicyclic) bond motifs is 1. The van der Waals surface area contributed by atoms with Gasteiger partial charge in [-0.1, -0.05) is 24.3 Å². The minimum Gasteiger partial charge on any atom is -0.258 e. The molecule has 0 spiro atoms. The Morgan fingerprint density at radius 3 is 2.27 bits per heavy atom. The van der Waals surface area contributed by atoms with Crippen LogP contribution < -0.4 is 5.14 Å². The summed E-state index contributed by atoms with van der Waals surface area (Å²) < 4.78 is 25.8. The maximum Gasteiger partial charge on any atom is 0.333 e. The maximum absolute atomic E-state index is 10.6. The van der Waals surface area contributed by atoms with Crippen molar-refractivity contribution in [3.63, 3.8) is 0 Å². The van der Waals surface area contributed by atoms with Gasteiger partial charge in [-0.2, -0.15) is 8.42 Å². The molecule has 0 aromatic heterocycles. The molecule has 0 bridgehead atoms. The van der Waals surface area contributed by atoms with Crippen LogP contribution in [0.1, 0.15) is 11.1 Å². The Kier molecular flexibility index (Phi) is 2.77. The number of benzene rings is 1. The van der Waals surface area contributed by atoms with E-state index < -0.39 is 10.3 Å². The van der Waals surface area contributed by atoms with Crippen LogP contribution in [0.5, 0.6) is 0 Å². The van der Waals surface area contributed by atoms with Crippen LogP contribution in [0.15, 0.2) is 24.3 Å². The number of hydrogen-bond acceptors (Lipinski definition) is 3. The van der Waals surface area contributed by atoms with Crippen LogP contribution in [0, 0.1) is 5.92 Å². The molecule has 0 radical (unpaired) electrons. The minimum absolute atomic E-state index is 0.174. The molecule has 0 atom stereocenters. The van der Waals surface area contributed by atoms with Crippen molar-refractivity contribution in [1.82, 2.24) is 0 Å². The predicted octanol–water partition coefficient (Wildman–Crippen LogP) is 0.621. The predicted molar refractivity (Wildman–Crippen MR) is 56.4 cm³/mol. The molecule has 0 saturated heterocycles. The van der Waals surface area contributed by atoms with Crippen LogP contribution in [0.2, 0.25) is 0 Å². The van der Waals surface area contributed by atoms with Crippen LogP contribution in [0.4, 0.5) is 0 Å². The third kappa shape index (κ3) is 2.77. The average molecular weight is 227 g/mol. The van der Waals surface area contributed by atoms with Crippen molar-refractivity contribution in [3.05, 3.63) is 35.4 Å². The Labute approximate surface area is 89.3 Å². The molecule has 82 valence electrons. The van der Waals surface area contributed by atoms with Crippen molar-refractivity contribution >= 4 is 10.3 Å². The lowest BCUT2D eigenvalue weighted by Gasteiger charge is -2.07. The lowest BCUT2D eigenvalue weighted by atomic mass is 10.1. The molecule has 1 aromatic rings. The van der Waals surface area contributed by atoms with Gasteiger partial charge in [-0.15, -0.1) is 0 Å². The molecule has 4 nitrogen and oxygen atoms in total. The molecular formula is C10H13NO3S. The fraction of sp³-hybridized carbons (Fsp3) is 0.400. The highest BCUT2D eigenvalue weighted by Gasteiger charge is 2.22. The van der Waals surface area contributed by atoms with Gasteiger partial charge >= 0.3 is 10.3 Å². The highest BCUT2D eigenvalue weighted by Crippen LogP contribution is 2.26. The molecule has 0 unspecified atom stereocenters. The van der Waals surface area contributed by atoms with Crippen LogP contribution in [-0.4, -0.2) is 15.0 Å². The van der Waals surface area contributed by atoms with Crippen molar-refractivity contribution in [3.8, 4) is 0 Å². The molecule has 1 aliphatic carbocycles. The van der Waals surface area contributed by atoms with E-state index >= 15 is 0 Å². The summed E-state index contributed by atoms with van der Waals surface area (Å²) in [4.78, 5) is 0. The first-order chi connectivity index (χ1) is 7.04. The zero-order chi connectivity index (χ0) is 10.9. The summed E-state index contributed by atoms with van der Waals surface area (Å²) in [7, 11) is -3.80. The Morgan fingerprint density at radius 1 is 1.27 bits per heavy atom. The molecule has 5 heteroatoms. The summed E-state index contributed by atoms with van der Waals surface area (Å²) in [5, 5.41) is 4.77. The van der Waals surface area contributed by atoms with Crippen LogP contribution in [0.3, 0.4) is 0 Å². The van der Waals surface area contributed by atoms with E-state index in [0.717, 1.165) is 12.8 Å². The topological polar surface area (TPSA) is 69.4 Å². The lowest BCUT2D eigenvalue weighted by molar-refractivity contribution is 0.259. The molecule has 2 N–H and O–H groups in total. The van der Waals surface area contributed by atoms with E-state index in [4.69, 9.17) is 5.14 Å². The molecule has 1 aromatic carbocycles. The first-order valence-electron chi connectivity index (χ1n) is 4.78. The zero-order valence-corrected chi connectivity index (χ0v) is 9.03. The van der Waals surface area contributed by atoms with E-state index in [1.165, 1.54) is 11.1 Å². The smallest absolute Gasteiger partial charge is 0.258 e. The number of nitrogens with two attached hydrogens (primary N) is 1. The Hall–Kier alpha value is -0.910. The van der Waals surface area contributed by atoms with Gasteiger partial charge in [0.25, 0.3) is 0 Å². The second kappa shape index (κ2) is 3.92. The Morgan fingerprint density at radius 2 is 1.80 bits per heavy atom. The largest absolute Gasteiger partial charge is 0.333 e. The summed E-state index contributed by atoms with van der Waals surface area (Å²) in [6.45, 7) is 0.174. The number of rotatable bonds is 3. The van der Waals surface area contributed by atoms with Crippen molar-refractivity contribution < 1.29 is 12.6 Å². The van der Waals surface area contributed by atoms with Gasteiger partial charge < -0.3 is 0 Å². The standard InChI is InChI=1S/C10H13NO3S/c11-15(12,13)14-7-8-5-9-3-1-2-4-10(9)6-8/h1-4,8H,5-7H2,(H2,11,12,13). The maximum atomic E-state index is 10.6. The van der Waals surface area contributed by atoms with Gasteiger partial charge in [0.05, 0.1) is 6.61 Å². The fourth-order valence-corrected chi connectivity index (χ4v) is 2.34. The molecule has 2 rings (SSSR count). The van der Waals surface area contributed by atoms with E-state index in [1.807, 2.05) is 12.1 Å². The lowest BCUT2D eigenvalue weighted by Crippen LogP contribution is -2.20. The Balaban J connectivity index is 1.96. The summed E-state index contributed by atoms with van der Waals surface area (Å²) in [6, 6.07) is 8.10. The molecular weight excluding hydrogens is 214 g/mol. The van der Waals surface area contributed by atoms with Crippen LogP contribution in [0.25, 0.3) is 0 Å². The first kappa shape index (κ1) is 10.6. The molecule has 0 aliphatic heterocycles. The monoisotopic (exact) mass is 227 g/mol. The molecule has 1 aliphatic rings. The fourth-order valence-electron chi connectivity index (χ4n) is 1.96. The van der Waals surface area contributed by atoms with Crippen molar-refractivity contribution in [2.75, 3.05) is 6.61 Å². The molecule has 0 saturated carbocycles. The van der Waals surface area contributed by atoms with Gasteiger partial charge in [0.2, 0.25) is 0 Å². The third-order valence-electron chi connectivity index (χ3n) is 2.60. The number of hydrogen-bond donors (Lipinski definition) is 1. The second-order valence-corrected chi connectivity index (χ2v) is 5.04. The summed E-state index contributed by atoms with van der Waals surface area (Å²) in [6.07, 6.45) is 1.73. The van der Waals surface area contributed by atoms with Gasteiger partial charge in [-0.05, 0) is 29.9 Å². The van der Waals surface area contributed by atoms with Crippen molar-refractivity contribution in [2.45, 2.75) is 12.8 Å². The zero-order valence-electron chi connectivity index (χ0n) is 8.22. The SMILES string of the molecule is NS(=O)(=O)OCC1Cc2ccccc2C1. The first-order valence-corrected chi connectivity index (χ1v) is 6.25. The summed E-state index contributed by atoms with van der Waals surface area (Å²) >= 11 is 0. The highest BCUT2D eigenvalue weighted by atomic mass is 32.2. The normalized spacial score (nSPS) is 16.6. The van der Waals surface area contributed by atoms with E-state index in [0.29, 0.717) is 0 Å². The van der Waals surface area contributed by atoms with Crippen LogP contribution in [-0.2, 0) is 27.3 Å². The van der Waals surface area contributed by atoms with Gasteiger partial charge in [-0.3, -0.25) is 4.18 Å². The van der Waals surface area contributed by atoms with Gasteiger partial charge in [0.15, 0.2) is 0 Å². The second-order valence-electron chi connectivity index (χ2n) is 3.82. The molecule has 15 heavy (non-hydrogen) atoms. The van der Waals surface area contributed by atoms with E-state index in [1.54, 1.807) is 0 Å². The van der Waals surface area contributed by atoms with Gasteiger partial charge in [-0.25, -0.2) is 5.14 Å². The molecule has 0 heterocycles. The van der Waals surface area contributed by atoms with Gasteiger partial charge in [0.1, 0.15) is 0 Å². The average Bonchev–Trinajstić information content (AvgIpc) is 2.56. The van der Waals surface area contributed by atoms with Crippen molar-refractivity contribution in [2.24, 2.45) is 11.1 Å².